The van der Waals surface area contributed by atoms with Gasteiger partial charge in [0.2, 0.25) is 11.8 Å². The molecule has 1 saturated heterocycles. The Kier molecular flexibility index (Phi) is 5.56. The molecule has 0 saturated carbocycles. The Hall–Kier alpha value is -3.60. The zero-order valence-corrected chi connectivity index (χ0v) is 16.0. The van der Waals surface area contributed by atoms with Crippen LogP contribution in [-0.2, 0) is 16.1 Å². The molecule has 1 aliphatic rings. The standard InChI is InChI=1S/C24H22N2O3/c27-23-16-15-21(26(23)17-18-9-3-1-4-10-18)24(28)25-20-13-7-8-14-22(20)29-19-11-5-2-6-12-19/h1-14,21H,15-17H2,(H,25,28). The monoisotopic (exact) mass is 386 g/mol. The highest BCUT2D eigenvalue weighted by molar-refractivity contribution is 5.99. The Labute approximate surface area is 169 Å². The van der Waals surface area contributed by atoms with Gasteiger partial charge in [0.1, 0.15) is 11.8 Å². The third-order valence-corrected chi connectivity index (χ3v) is 4.94. The van der Waals surface area contributed by atoms with Crippen molar-refractivity contribution in [3.8, 4) is 11.5 Å². The third-order valence-electron chi connectivity index (χ3n) is 4.94. The lowest BCUT2D eigenvalue weighted by Gasteiger charge is -2.24. The largest absolute Gasteiger partial charge is 0.455 e. The number of nitrogens with zero attached hydrogens (tertiary/aromatic N) is 1. The van der Waals surface area contributed by atoms with E-state index in [1.807, 2.05) is 78.9 Å². The van der Waals surface area contributed by atoms with Gasteiger partial charge in [0.15, 0.2) is 5.75 Å². The van der Waals surface area contributed by atoms with Crippen molar-refractivity contribution in [3.05, 3.63) is 90.5 Å². The van der Waals surface area contributed by atoms with Crippen molar-refractivity contribution in [1.82, 2.24) is 4.90 Å². The van der Waals surface area contributed by atoms with E-state index in [4.69, 9.17) is 4.74 Å². The maximum Gasteiger partial charge on any atom is 0.247 e. The van der Waals surface area contributed by atoms with Gasteiger partial charge < -0.3 is 15.0 Å². The Balaban J connectivity index is 1.49. The molecule has 1 atom stereocenters. The maximum absolute atomic E-state index is 13.0. The van der Waals surface area contributed by atoms with Crippen LogP contribution in [0.1, 0.15) is 18.4 Å². The molecule has 5 heteroatoms. The average Bonchev–Trinajstić information content (AvgIpc) is 3.11. The van der Waals surface area contributed by atoms with Crippen LogP contribution in [0.15, 0.2) is 84.9 Å². The van der Waals surface area contributed by atoms with Gasteiger partial charge in [-0.3, -0.25) is 9.59 Å². The van der Waals surface area contributed by atoms with E-state index in [1.54, 1.807) is 11.0 Å². The van der Waals surface area contributed by atoms with Crippen molar-refractivity contribution in [2.75, 3.05) is 5.32 Å². The van der Waals surface area contributed by atoms with Gasteiger partial charge in [-0.25, -0.2) is 0 Å². The summed E-state index contributed by atoms with van der Waals surface area (Å²) >= 11 is 0. The molecule has 1 unspecified atom stereocenters. The van der Waals surface area contributed by atoms with E-state index in [0.717, 1.165) is 5.56 Å². The molecule has 1 fully saturated rings. The molecule has 4 rings (SSSR count). The van der Waals surface area contributed by atoms with Crippen LogP contribution in [0.25, 0.3) is 0 Å². The number of ether oxygens (including phenoxy) is 1. The summed E-state index contributed by atoms with van der Waals surface area (Å²) in [7, 11) is 0. The lowest BCUT2D eigenvalue weighted by Crippen LogP contribution is -2.41. The Morgan fingerprint density at radius 1 is 0.931 bits per heavy atom. The zero-order valence-electron chi connectivity index (χ0n) is 16.0. The minimum absolute atomic E-state index is 0.00261. The van der Waals surface area contributed by atoms with E-state index in [0.29, 0.717) is 36.6 Å². The maximum atomic E-state index is 13.0. The molecule has 1 heterocycles. The van der Waals surface area contributed by atoms with Crippen LogP contribution in [0.2, 0.25) is 0 Å². The zero-order chi connectivity index (χ0) is 20.1. The fraction of sp³-hybridized carbons (Fsp3) is 0.167. The van der Waals surface area contributed by atoms with Gasteiger partial charge in [0.05, 0.1) is 5.69 Å². The van der Waals surface area contributed by atoms with Crippen LogP contribution >= 0.6 is 0 Å². The Bertz CT molecular complexity index is 989. The molecule has 3 aromatic rings. The first-order chi connectivity index (χ1) is 14.2. The molecule has 146 valence electrons. The Morgan fingerprint density at radius 3 is 2.34 bits per heavy atom. The molecular weight excluding hydrogens is 364 g/mol. The fourth-order valence-corrected chi connectivity index (χ4v) is 3.48. The van der Waals surface area contributed by atoms with Crippen molar-refractivity contribution in [2.45, 2.75) is 25.4 Å². The number of carbonyl (C=O) groups excluding carboxylic acids is 2. The number of benzene rings is 3. The summed E-state index contributed by atoms with van der Waals surface area (Å²) < 4.78 is 5.92. The number of para-hydroxylation sites is 3. The van der Waals surface area contributed by atoms with Crippen molar-refractivity contribution in [3.63, 3.8) is 0 Å². The fourth-order valence-electron chi connectivity index (χ4n) is 3.48. The summed E-state index contributed by atoms with van der Waals surface area (Å²) in [6.07, 6.45) is 0.895. The van der Waals surface area contributed by atoms with Crippen molar-refractivity contribution < 1.29 is 14.3 Å². The summed E-state index contributed by atoms with van der Waals surface area (Å²) in [6.45, 7) is 0.430. The number of rotatable bonds is 6. The number of amides is 2. The second kappa shape index (κ2) is 8.61. The average molecular weight is 386 g/mol. The molecule has 0 aromatic heterocycles. The second-order valence-electron chi connectivity index (χ2n) is 6.96. The van der Waals surface area contributed by atoms with E-state index in [-0.39, 0.29) is 11.8 Å². The van der Waals surface area contributed by atoms with Crippen molar-refractivity contribution >= 4 is 17.5 Å². The van der Waals surface area contributed by atoms with Crippen molar-refractivity contribution in [2.24, 2.45) is 0 Å². The first-order valence-corrected chi connectivity index (χ1v) is 9.67. The minimum Gasteiger partial charge on any atom is -0.455 e. The number of hydrogen-bond donors (Lipinski definition) is 1. The third kappa shape index (κ3) is 4.46. The van der Waals surface area contributed by atoms with Gasteiger partial charge in [0.25, 0.3) is 0 Å². The number of hydrogen-bond acceptors (Lipinski definition) is 3. The van der Waals surface area contributed by atoms with Crippen LogP contribution in [0.3, 0.4) is 0 Å². The molecule has 5 nitrogen and oxygen atoms in total. The molecule has 0 spiro atoms. The first-order valence-electron chi connectivity index (χ1n) is 9.67. The summed E-state index contributed by atoms with van der Waals surface area (Å²) in [5.41, 5.74) is 1.59. The molecule has 3 aromatic carbocycles. The smallest absolute Gasteiger partial charge is 0.247 e. The quantitative estimate of drug-likeness (QED) is 0.673. The number of carbonyl (C=O) groups is 2. The number of anilines is 1. The van der Waals surface area contributed by atoms with Crippen molar-refractivity contribution in [1.29, 1.82) is 0 Å². The van der Waals surface area contributed by atoms with E-state index < -0.39 is 6.04 Å². The van der Waals surface area contributed by atoms with Gasteiger partial charge >= 0.3 is 0 Å². The molecular formula is C24H22N2O3. The lowest BCUT2D eigenvalue weighted by molar-refractivity contribution is -0.133. The lowest BCUT2D eigenvalue weighted by atomic mass is 10.1. The molecule has 2 amide bonds. The highest BCUT2D eigenvalue weighted by atomic mass is 16.5. The minimum atomic E-state index is -0.493. The first kappa shape index (κ1) is 18.7. The predicted octanol–water partition coefficient (Wildman–Crippen LogP) is 4.61. The normalized spacial score (nSPS) is 15.9. The number of nitrogens with one attached hydrogen (secondary N) is 1. The molecule has 0 aliphatic carbocycles. The van der Waals surface area contributed by atoms with Crippen LogP contribution in [-0.4, -0.2) is 22.8 Å². The van der Waals surface area contributed by atoms with Gasteiger partial charge in [-0.05, 0) is 36.2 Å². The topological polar surface area (TPSA) is 58.6 Å². The number of likely N-dealkylation sites (tertiary alicyclic amines) is 1. The SMILES string of the molecule is O=C(Nc1ccccc1Oc1ccccc1)C1CCC(=O)N1Cc1ccccc1. The van der Waals surface area contributed by atoms with Crippen LogP contribution in [0.4, 0.5) is 5.69 Å². The van der Waals surface area contributed by atoms with Crippen LogP contribution < -0.4 is 10.1 Å². The molecule has 0 radical (unpaired) electrons. The molecule has 0 bridgehead atoms. The summed E-state index contributed by atoms with van der Waals surface area (Å²) in [6, 6.07) is 25.9. The van der Waals surface area contributed by atoms with E-state index in [1.165, 1.54) is 0 Å². The van der Waals surface area contributed by atoms with E-state index in [2.05, 4.69) is 5.32 Å². The highest BCUT2D eigenvalue weighted by Gasteiger charge is 2.36. The molecule has 1 N–H and O–H groups in total. The predicted molar refractivity (Wildman–Crippen MR) is 112 cm³/mol. The van der Waals surface area contributed by atoms with Gasteiger partial charge in [-0.2, -0.15) is 0 Å². The molecule has 29 heavy (non-hydrogen) atoms. The van der Waals surface area contributed by atoms with Gasteiger partial charge in [-0.1, -0.05) is 60.7 Å². The van der Waals surface area contributed by atoms with E-state index in [9.17, 15) is 9.59 Å². The van der Waals surface area contributed by atoms with E-state index >= 15 is 0 Å². The molecule has 1 aliphatic heterocycles. The van der Waals surface area contributed by atoms with Crippen LogP contribution in [0, 0.1) is 0 Å². The summed E-state index contributed by atoms with van der Waals surface area (Å²) in [5.74, 6) is 1.06. The van der Waals surface area contributed by atoms with Crippen LogP contribution in [0.5, 0.6) is 11.5 Å². The summed E-state index contributed by atoms with van der Waals surface area (Å²) in [5, 5.41) is 2.95. The Morgan fingerprint density at radius 2 is 1.59 bits per heavy atom. The van der Waals surface area contributed by atoms with Gasteiger partial charge in [0, 0.05) is 13.0 Å². The highest BCUT2D eigenvalue weighted by Crippen LogP contribution is 2.30. The van der Waals surface area contributed by atoms with Gasteiger partial charge in [-0.15, -0.1) is 0 Å². The summed E-state index contributed by atoms with van der Waals surface area (Å²) in [4.78, 5) is 27.0. The second-order valence-corrected chi connectivity index (χ2v) is 6.96.